The van der Waals surface area contributed by atoms with Gasteiger partial charge in [0, 0.05) is 6.54 Å². The molecule has 0 aliphatic carbocycles. The van der Waals surface area contributed by atoms with Gasteiger partial charge in [0.1, 0.15) is 5.75 Å². The molecular formula is C19H17N3O7. The summed E-state index contributed by atoms with van der Waals surface area (Å²) in [6, 6.07) is 11.6. The van der Waals surface area contributed by atoms with E-state index in [4.69, 9.17) is 19.3 Å². The van der Waals surface area contributed by atoms with Crippen molar-refractivity contribution in [3.05, 3.63) is 53.6 Å². The highest BCUT2D eigenvalue weighted by atomic mass is 16.7. The highest BCUT2D eigenvalue weighted by Crippen LogP contribution is 2.32. The summed E-state index contributed by atoms with van der Waals surface area (Å²) in [5.41, 5.74) is 3.50. The molecular weight excluding hydrogens is 382 g/mol. The van der Waals surface area contributed by atoms with Crippen LogP contribution in [0.5, 0.6) is 17.2 Å². The maximum Gasteiger partial charge on any atom is 0.341 e. The fourth-order valence-corrected chi connectivity index (χ4v) is 2.32. The molecule has 2 aromatic rings. The van der Waals surface area contributed by atoms with Crippen LogP contribution in [0.1, 0.15) is 11.1 Å². The molecule has 29 heavy (non-hydrogen) atoms. The van der Waals surface area contributed by atoms with E-state index in [-0.39, 0.29) is 13.3 Å². The first kappa shape index (κ1) is 19.7. The van der Waals surface area contributed by atoms with Crippen molar-refractivity contribution in [2.45, 2.75) is 6.54 Å². The highest BCUT2D eigenvalue weighted by molar-refractivity contribution is 6.35. The van der Waals surface area contributed by atoms with E-state index < -0.39 is 24.4 Å². The fraction of sp³-hybridized carbons (Fsp3) is 0.158. The zero-order valence-corrected chi connectivity index (χ0v) is 15.1. The van der Waals surface area contributed by atoms with Gasteiger partial charge < -0.3 is 24.6 Å². The molecule has 0 unspecified atom stereocenters. The number of nitrogens with zero attached hydrogens (tertiary/aromatic N) is 1. The molecule has 0 aromatic heterocycles. The van der Waals surface area contributed by atoms with E-state index in [1.54, 1.807) is 42.5 Å². The predicted octanol–water partition coefficient (Wildman–Crippen LogP) is 0.645. The molecule has 0 saturated carbocycles. The van der Waals surface area contributed by atoms with Crippen molar-refractivity contribution in [3.63, 3.8) is 0 Å². The quantitative estimate of drug-likeness (QED) is 0.353. The number of benzene rings is 2. The van der Waals surface area contributed by atoms with Crippen molar-refractivity contribution in [3.8, 4) is 17.2 Å². The van der Waals surface area contributed by atoms with Crippen LogP contribution in [0.2, 0.25) is 0 Å². The minimum absolute atomic E-state index is 0.143. The van der Waals surface area contributed by atoms with Gasteiger partial charge in [-0.1, -0.05) is 6.07 Å². The van der Waals surface area contributed by atoms with Crippen molar-refractivity contribution >= 4 is 24.0 Å². The van der Waals surface area contributed by atoms with Crippen LogP contribution in [-0.4, -0.2) is 42.5 Å². The first-order valence-electron chi connectivity index (χ1n) is 8.45. The van der Waals surface area contributed by atoms with Crippen molar-refractivity contribution < 1.29 is 33.7 Å². The molecule has 2 aromatic carbocycles. The highest BCUT2D eigenvalue weighted by Gasteiger charge is 2.15. The Labute approximate surface area is 165 Å². The molecule has 0 bridgehead atoms. The number of rotatable bonds is 7. The number of carbonyl (C=O) groups excluding carboxylic acids is 2. The molecule has 1 aliphatic heterocycles. The summed E-state index contributed by atoms with van der Waals surface area (Å²) in [4.78, 5) is 34.1. The first-order chi connectivity index (χ1) is 14.0. The summed E-state index contributed by atoms with van der Waals surface area (Å²) >= 11 is 0. The second-order valence-electron chi connectivity index (χ2n) is 5.82. The average Bonchev–Trinajstić information content (AvgIpc) is 3.19. The Balaban J connectivity index is 1.43. The maximum atomic E-state index is 11.8. The Morgan fingerprint density at radius 3 is 2.59 bits per heavy atom. The Morgan fingerprint density at radius 1 is 1.07 bits per heavy atom. The van der Waals surface area contributed by atoms with Gasteiger partial charge in [0.15, 0.2) is 18.1 Å². The monoisotopic (exact) mass is 399 g/mol. The fourth-order valence-electron chi connectivity index (χ4n) is 2.32. The number of hydrazone groups is 1. The second-order valence-corrected chi connectivity index (χ2v) is 5.82. The molecule has 0 radical (unpaired) electrons. The van der Waals surface area contributed by atoms with Gasteiger partial charge in [-0.3, -0.25) is 9.59 Å². The lowest BCUT2D eigenvalue weighted by molar-refractivity contribution is -0.139. The summed E-state index contributed by atoms with van der Waals surface area (Å²) in [7, 11) is 0. The van der Waals surface area contributed by atoms with Crippen LogP contribution in [0.15, 0.2) is 47.6 Å². The van der Waals surface area contributed by atoms with E-state index in [9.17, 15) is 14.4 Å². The number of aliphatic carboxylic acids is 1. The predicted molar refractivity (Wildman–Crippen MR) is 99.7 cm³/mol. The van der Waals surface area contributed by atoms with Gasteiger partial charge in [-0.05, 0) is 47.5 Å². The van der Waals surface area contributed by atoms with E-state index in [1.165, 1.54) is 6.21 Å². The number of nitrogens with one attached hydrogen (secondary N) is 2. The molecule has 1 heterocycles. The van der Waals surface area contributed by atoms with Crippen molar-refractivity contribution in [2.75, 3.05) is 13.4 Å². The van der Waals surface area contributed by atoms with Crippen LogP contribution in [0, 0.1) is 0 Å². The molecule has 1 aliphatic rings. The Hall–Kier alpha value is -4.08. The zero-order chi connectivity index (χ0) is 20.6. The third-order valence-corrected chi connectivity index (χ3v) is 3.72. The molecule has 3 rings (SSSR count). The summed E-state index contributed by atoms with van der Waals surface area (Å²) in [6.07, 6.45) is 1.34. The van der Waals surface area contributed by atoms with Crippen LogP contribution >= 0.6 is 0 Å². The van der Waals surface area contributed by atoms with Crippen molar-refractivity contribution in [1.82, 2.24) is 10.7 Å². The molecule has 150 valence electrons. The van der Waals surface area contributed by atoms with Crippen LogP contribution in [-0.2, 0) is 20.9 Å². The maximum absolute atomic E-state index is 11.8. The van der Waals surface area contributed by atoms with Crippen LogP contribution < -0.4 is 25.0 Å². The number of fused-ring (bicyclic) bond motifs is 1. The molecule has 0 saturated heterocycles. The number of carboxylic acids is 1. The molecule has 3 N–H and O–H groups in total. The van der Waals surface area contributed by atoms with E-state index in [1.807, 2.05) is 0 Å². The lowest BCUT2D eigenvalue weighted by Crippen LogP contribution is -2.37. The van der Waals surface area contributed by atoms with Crippen molar-refractivity contribution in [2.24, 2.45) is 5.10 Å². The number of carboxylic acid groups (broad SMARTS) is 1. The summed E-state index contributed by atoms with van der Waals surface area (Å²) in [6.45, 7) is -0.140. The molecule has 0 atom stereocenters. The van der Waals surface area contributed by atoms with Gasteiger partial charge in [0.25, 0.3) is 0 Å². The lowest BCUT2D eigenvalue weighted by Gasteiger charge is -2.05. The number of carbonyl (C=O) groups is 3. The van der Waals surface area contributed by atoms with Crippen molar-refractivity contribution in [1.29, 1.82) is 0 Å². The molecule has 2 amide bonds. The van der Waals surface area contributed by atoms with Gasteiger partial charge in [-0.15, -0.1) is 0 Å². The van der Waals surface area contributed by atoms with Crippen LogP contribution in [0.4, 0.5) is 0 Å². The number of ether oxygens (including phenoxy) is 3. The summed E-state index contributed by atoms with van der Waals surface area (Å²) < 4.78 is 15.5. The van der Waals surface area contributed by atoms with E-state index in [2.05, 4.69) is 15.8 Å². The molecule has 10 nitrogen and oxygen atoms in total. The average molecular weight is 399 g/mol. The Morgan fingerprint density at radius 2 is 1.83 bits per heavy atom. The lowest BCUT2D eigenvalue weighted by atomic mass is 10.2. The standard InChI is InChI=1S/C19H17N3O7/c23-17(24)10-27-14-4-1-12(2-5-14)9-21-22-19(26)18(25)20-8-13-3-6-15-16(7-13)29-11-28-15/h1-7,9H,8,10-11H2,(H,20,25)(H,22,26)(H,23,24)/b21-9-. The van der Waals surface area contributed by atoms with Gasteiger partial charge in [0.05, 0.1) is 6.21 Å². The summed E-state index contributed by atoms with van der Waals surface area (Å²) in [5.74, 6) is -1.22. The minimum atomic E-state index is -1.07. The SMILES string of the molecule is O=C(O)COc1ccc(/C=N\NC(=O)C(=O)NCc2ccc3c(c2)OCO3)cc1. The van der Waals surface area contributed by atoms with Crippen LogP contribution in [0.25, 0.3) is 0 Å². The third-order valence-electron chi connectivity index (χ3n) is 3.72. The van der Waals surface area contributed by atoms with Crippen LogP contribution in [0.3, 0.4) is 0 Å². The normalized spacial score (nSPS) is 11.9. The van der Waals surface area contributed by atoms with Gasteiger partial charge in [0.2, 0.25) is 6.79 Å². The van der Waals surface area contributed by atoms with Gasteiger partial charge in [-0.2, -0.15) is 5.10 Å². The third kappa shape index (κ3) is 5.70. The van der Waals surface area contributed by atoms with Gasteiger partial charge in [-0.25, -0.2) is 10.2 Å². The van der Waals surface area contributed by atoms with E-state index >= 15 is 0 Å². The topological polar surface area (TPSA) is 136 Å². The second kappa shape index (κ2) is 9.22. The number of amides is 2. The van der Waals surface area contributed by atoms with Gasteiger partial charge >= 0.3 is 17.8 Å². The summed E-state index contributed by atoms with van der Waals surface area (Å²) in [5, 5.41) is 14.7. The molecule has 0 spiro atoms. The Bertz CT molecular complexity index is 941. The van der Waals surface area contributed by atoms with E-state index in [0.717, 1.165) is 5.56 Å². The number of hydrogen-bond donors (Lipinski definition) is 3. The smallest absolute Gasteiger partial charge is 0.341 e. The van der Waals surface area contributed by atoms with E-state index in [0.29, 0.717) is 22.8 Å². The molecule has 10 heteroatoms. The minimum Gasteiger partial charge on any atom is -0.482 e. The Kier molecular flexibility index (Phi) is 6.25. The zero-order valence-electron chi connectivity index (χ0n) is 15.1. The first-order valence-corrected chi connectivity index (χ1v) is 8.45. The largest absolute Gasteiger partial charge is 0.482 e. The molecule has 0 fully saturated rings. The number of hydrogen-bond acceptors (Lipinski definition) is 7.